The Morgan fingerprint density at radius 3 is 2.50 bits per heavy atom. The molecule has 0 radical (unpaired) electrons. The predicted molar refractivity (Wildman–Crippen MR) is 64.7 cm³/mol. The Morgan fingerprint density at radius 2 is 2.05 bits per heavy atom. The van der Waals surface area contributed by atoms with Crippen LogP contribution in [0.4, 0.5) is 23.2 Å². The molecule has 0 spiro atoms. The third kappa shape index (κ3) is 3.44. The van der Waals surface area contributed by atoms with Gasteiger partial charge in [-0.2, -0.15) is 23.5 Å². The molecule has 9 heteroatoms. The number of halogens is 4. The van der Waals surface area contributed by atoms with Crippen LogP contribution in [0, 0.1) is 29.5 Å². The van der Waals surface area contributed by atoms with Gasteiger partial charge in [0.25, 0.3) is 0 Å². The normalized spacial score (nSPS) is 11.9. The number of hydrogen-bond donors (Lipinski definition) is 3. The van der Waals surface area contributed by atoms with E-state index in [1.807, 2.05) is 0 Å². The molecular formula is C11H9F4N5. The zero-order valence-electron chi connectivity index (χ0n) is 10.1. The Labute approximate surface area is 111 Å². The van der Waals surface area contributed by atoms with E-state index in [0.29, 0.717) is 6.07 Å². The van der Waals surface area contributed by atoms with Crippen molar-refractivity contribution in [3.8, 4) is 6.07 Å². The fourth-order valence-corrected chi connectivity index (χ4v) is 1.30. The van der Waals surface area contributed by atoms with E-state index in [-0.39, 0.29) is 5.69 Å². The molecule has 0 saturated carbocycles. The largest absolute Gasteiger partial charge is 0.416 e. The average molecular weight is 287 g/mol. The molecule has 0 amide bonds. The highest BCUT2D eigenvalue weighted by Crippen LogP contribution is 2.34. The SMILES string of the molecule is Cc1c(F)cc(N/N=C(\C#N)C(=N)N)cc1C(F)(F)F. The number of alkyl halides is 3. The smallest absolute Gasteiger partial charge is 0.382 e. The van der Waals surface area contributed by atoms with Crippen LogP contribution in [0.2, 0.25) is 0 Å². The number of hydrazone groups is 1. The van der Waals surface area contributed by atoms with Gasteiger partial charge in [-0.1, -0.05) is 0 Å². The summed E-state index contributed by atoms with van der Waals surface area (Å²) in [6, 6.07) is 2.91. The lowest BCUT2D eigenvalue weighted by Crippen LogP contribution is -2.22. The molecule has 0 atom stereocenters. The highest BCUT2D eigenvalue weighted by molar-refractivity contribution is 6.45. The van der Waals surface area contributed by atoms with Crippen LogP contribution in [0.1, 0.15) is 11.1 Å². The molecule has 0 aliphatic carbocycles. The van der Waals surface area contributed by atoms with Crippen molar-refractivity contribution in [2.24, 2.45) is 10.8 Å². The van der Waals surface area contributed by atoms with Crippen molar-refractivity contribution in [1.29, 1.82) is 10.7 Å². The number of nitrogens with zero attached hydrogens (tertiary/aromatic N) is 2. The Bertz CT molecular complexity index is 612. The fraction of sp³-hybridized carbons (Fsp3) is 0.182. The zero-order valence-corrected chi connectivity index (χ0v) is 10.1. The summed E-state index contributed by atoms with van der Waals surface area (Å²) >= 11 is 0. The Balaban J connectivity index is 3.20. The Kier molecular flexibility index (Phi) is 4.29. The topological polar surface area (TPSA) is 98.0 Å². The van der Waals surface area contributed by atoms with E-state index in [1.54, 1.807) is 0 Å². The van der Waals surface area contributed by atoms with Crippen molar-refractivity contribution in [2.45, 2.75) is 13.1 Å². The van der Waals surface area contributed by atoms with Gasteiger partial charge in [0, 0.05) is 0 Å². The lowest BCUT2D eigenvalue weighted by Gasteiger charge is -2.12. The molecule has 0 heterocycles. The molecule has 0 bridgehead atoms. The predicted octanol–water partition coefficient (Wildman–Crippen LogP) is 2.38. The van der Waals surface area contributed by atoms with E-state index >= 15 is 0 Å². The summed E-state index contributed by atoms with van der Waals surface area (Å²) in [7, 11) is 0. The number of benzene rings is 1. The van der Waals surface area contributed by atoms with E-state index in [1.165, 1.54) is 6.07 Å². The molecule has 0 aliphatic rings. The van der Waals surface area contributed by atoms with Crippen molar-refractivity contribution in [2.75, 3.05) is 5.43 Å². The number of nitriles is 1. The van der Waals surface area contributed by atoms with Gasteiger partial charge < -0.3 is 5.73 Å². The molecule has 0 saturated heterocycles. The maximum absolute atomic E-state index is 13.4. The van der Waals surface area contributed by atoms with Crippen LogP contribution >= 0.6 is 0 Å². The minimum absolute atomic E-state index is 0.311. The maximum Gasteiger partial charge on any atom is 0.416 e. The number of hydrogen-bond acceptors (Lipinski definition) is 4. The minimum atomic E-state index is -4.72. The van der Waals surface area contributed by atoms with Crippen molar-refractivity contribution in [3.05, 3.63) is 29.1 Å². The number of nitrogens with one attached hydrogen (secondary N) is 2. The Morgan fingerprint density at radius 1 is 1.45 bits per heavy atom. The van der Waals surface area contributed by atoms with E-state index in [4.69, 9.17) is 16.4 Å². The van der Waals surface area contributed by atoms with E-state index in [2.05, 4.69) is 10.5 Å². The summed E-state index contributed by atoms with van der Waals surface area (Å²) in [5.74, 6) is -1.73. The molecular weight excluding hydrogens is 278 g/mol. The highest BCUT2D eigenvalue weighted by Gasteiger charge is 2.33. The number of amidine groups is 1. The van der Waals surface area contributed by atoms with Gasteiger partial charge >= 0.3 is 6.18 Å². The molecule has 0 fully saturated rings. The number of anilines is 1. The second-order valence-corrected chi connectivity index (χ2v) is 3.73. The van der Waals surface area contributed by atoms with Crippen LogP contribution in [0.25, 0.3) is 0 Å². The molecule has 20 heavy (non-hydrogen) atoms. The van der Waals surface area contributed by atoms with E-state index in [0.717, 1.165) is 13.0 Å². The molecule has 1 aromatic rings. The first kappa shape index (κ1) is 15.4. The number of nitrogens with two attached hydrogens (primary N) is 1. The summed E-state index contributed by atoms with van der Waals surface area (Å²) in [6.07, 6.45) is -4.72. The van der Waals surface area contributed by atoms with Crippen molar-refractivity contribution in [3.63, 3.8) is 0 Å². The lowest BCUT2D eigenvalue weighted by atomic mass is 10.1. The highest BCUT2D eigenvalue weighted by atomic mass is 19.4. The van der Waals surface area contributed by atoms with E-state index < -0.39 is 34.7 Å². The van der Waals surface area contributed by atoms with Gasteiger partial charge in [0.05, 0.1) is 11.3 Å². The first-order valence-electron chi connectivity index (χ1n) is 5.12. The van der Waals surface area contributed by atoms with Gasteiger partial charge in [0.15, 0.2) is 5.84 Å². The van der Waals surface area contributed by atoms with Crippen molar-refractivity contribution < 1.29 is 17.6 Å². The summed E-state index contributed by atoms with van der Waals surface area (Å²) in [6.45, 7) is 1.00. The maximum atomic E-state index is 13.4. The summed E-state index contributed by atoms with van der Waals surface area (Å²) < 4.78 is 51.4. The van der Waals surface area contributed by atoms with Gasteiger partial charge in [-0.05, 0) is 24.6 Å². The summed E-state index contributed by atoms with van der Waals surface area (Å²) in [5, 5.41) is 18.9. The third-order valence-corrected chi connectivity index (χ3v) is 2.31. The lowest BCUT2D eigenvalue weighted by molar-refractivity contribution is -0.138. The molecule has 0 aliphatic heterocycles. The summed E-state index contributed by atoms with van der Waals surface area (Å²) in [5.41, 5.74) is 4.53. The van der Waals surface area contributed by atoms with Crippen LogP contribution in [0.15, 0.2) is 17.2 Å². The fourth-order valence-electron chi connectivity index (χ4n) is 1.30. The van der Waals surface area contributed by atoms with Gasteiger partial charge in [-0.3, -0.25) is 10.8 Å². The zero-order chi connectivity index (χ0) is 15.5. The quantitative estimate of drug-likeness (QED) is 0.344. The van der Waals surface area contributed by atoms with Crippen LogP contribution in [0.3, 0.4) is 0 Å². The minimum Gasteiger partial charge on any atom is -0.382 e. The van der Waals surface area contributed by atoms with Crippen molar-refractivity contribution in [1.82, 2.24) is 0 Å². The molecule has 4 N–H and O–H groups in total. The van der Waals surface area contributed by atoms with Crippen LogP contribution < -0.4 is 11.2 Å². The molecule has 5 nitrogen and oxygen atoms in total. The standard InChI is InChI=1S/C11H9F4N5/c1-5-7(11(13,14)15)2-6(3-8(5)12)19-20-9(4-16)10(17)18/h2-3,19H,1H3,(H3,17,18)/b20-9+. The first-order chi connectivity index (χ1) is 9.16. The van der Waals surface area contributed by atoms with E-state index in [9.17, 15) is 17.6 Å². The molecule has 106 valence electrons. The molecule has 1 rings (SSSR count). The third-order valence-electron chi connectivity index (χ3n) is 2.31. The second kappa shape index (κ2) is 5.56. The second-order valence-electron chi connectivity index (χ2n) is 3.73. The molecule has 0 unspecified atom stereocenters. The number of rotatable bonds is 3. The molecule has 1 aromatic carbocycles. The van der Waals surface area contributed by atoms with Gasteiger partial charge in [-0.25, -0.2) is 4.39 Å². The monoisotopic (exact) mass is 287 g/mol. The Hall–Kier alpha value is -2.63. The summed E-state index contributed by atoms with van der Waals surface area (Å²) in [4.78, 5) is 0. The van der Waals surface area contributed by atoms with Gasteiger partial charge in [0.1, 0.15) is 11.9 Å². The molecule has 0 aromatic heterocycles. The van der Waals surface area contributed by atoms with Crippen LogP contribution in [-0.4, -0.2) is 11.5 Å². The van der Waals surface area contributed by atoms with Crippen LogP contribution in [-0.2, 0) is 6.18 Å². The van der Waals surface area contributed by atoms with Crippen LogP contribution in [0.5, 0.6) is 0 Å². The van der Waals surface area contributed by atoms with Gasteiger partial charge in [-0.15, -0.1) is 0 Å². The van der Waals surface area contributed by atoms with Gasteiger partial charge in [0.2, 0.25) is 5.71 Å². The first-order valence-corrected chi connectivity index (χ1v) is 5.12. The average Bonchev–Trinajstić information content (AvgIpc) is 2.32. The van der Waals surface area contributed by atoms with Crippen molar-refractivity contribution >= 4 is 17.2 Å².